The van der Waals surface area contributed by atoms with E-state index in [1.807, 2.05) is 24.3 Å². The molecule has 0 bridgehead atoms. The second-order valence-corrected chi connectivity index (χ2v) is 12.2. The normalized spacial score (nSPS) is 29.0. The van der Waals surface area contributed by atoms with Crippen molar-refractivity contribution in [2.45, 2.75) is 42.9 Å². The van der Waals surface area contributed by atoms with Crippen LogP contribution in [-0.2, 0) is 23.7 Å². The highest BCUT2D eigenvalue weighted by Crippen LogP contribution is 2.51. The van der Waals surface area contributed by atoms with Crippen LogP contribution in [0.15, 0.2) is 66.7 Å². The number of hydrogen-bond acceptors (Lipinski definition) is 13. The smallest absolute Gasteiger partial charge is 0.330 e. The topological polar surface area (TPSA) is 161 Å². The maximum absolute atomic E-state index is 12.4. The van der Waals surface area contributed by atoms with Crippen LogP contribution in [0.1, 0.15) is 28.9 Å². The van der Waals surface area contributed by atoms with Crippen molar-refractivity contribution in [2.24, 2.45) is 11.8 Å². The van der Waals surface area contributed by atoms with E-state index in [1.165, 1.54) is 13.2 Å². The summed E-state index contributed by atoms with van der Waals surface area (Å²) in [4.78, 5) is 12.4. The Kier molecular flexibility index (Phi) is 11.1. The van der Waals surface area contributed by atoms with E-state index in [1.54, 1.807) is 63.8 Å². The van der Waals surface area contributed by atoms with Crippen molar-refractivity contribution >= 4 is 12.0 Å². The Morgan fingerprint density at radius 3 is 1.88 bits per heavy atom. The molecular formula is C37H42O13. The largest absolute Gasteiger partial charge is 0.497 e. The Morgan fingerprint density at radius 1 is 0.720 bits per heavy atom. The molecule has 13 heteroatoms. The van der Waals surface area contributed by atoms with Gasteiger partial charge in [0.25, 0.3) is 0 Å². The fraction of sp³-hybridized carbons (Fsp3) is 0.432. The van der Waals surface area contributed by atoms with Gasteiger partial charge in [-0.3, -0.25) is 0 Å². The van der Waals surface area contributed by atoms with E-state index in [2.05, 4.69) is 0 Å². The first-order chi connectivity index (χ1) is 24.2. The Morgan fingerprint density at radius 2 is 1.30 bits per heavy atom. The summed E-state index contributed by atoms with van der Waals surface area (Å²) in [5.41, 5.74) is 2.59. The summed E-state index contributed by atoms with van der Waals surface area (Å²) in [6.45, 7) is 0.599. The Bertz CT molecular complexity index is 1640. The van der Waals surface area contributed by atoms with Gasteiger partial charge in [0, 0.05) is 17.9 Å². The molecule has 268 valence electrons. The predicted octanol–water partition coefficient (Wildman–Crippen LogP) is 3.24. The summed E-state index contributed by atoms with van der Waals surface area (Å²) in [6, 6.07) is 18.1. The van der Waals surface area contributed by atoms with Gasteiger partial charge in [0.15, 0.2) is 23.0 Å². The lowest BCUT2D eigenvalue weighted by Crippen LogP contribution is -2.60. The third kappa shape index (κ3) is 7.38. The van der Waals surface area contributed by atoms with Crippen LogP contribution in [0.3, 0.4) is 0 Å². The van der Waals surface area contributed by atoms with Crippen molar-refractivity contribution in [3.63, 3.8) is 0 Å². The number of carbonyl (C=O) groups excluding carboxylic acids is 1. The van der Waals surface area contributed by atoms with E-state index in [9.17, 15) is 20.1 Å². The molecule has 3 N–H and O–H groups in total. The van der Waals surface area contributed by atoms with Gasteiger partial charge in [0.05, 0.1) is 53.9 Å². The molecule has 50 heavy (non-hydrogen) atoms. The fourth-order valence-electron chi connectivity index (χ4n) is 6.59. The van der Waals surface area contributed by atoms with Crippen LogP contribution in [0, 0.1) is 11.8 Å². The van der Waals surface area contributed by atoms with E-state index in [0.717, 1.165) is 16.7 Å². The lowest BCUT2D eigenvalue weighted by molar-refractivity contribution is -0.278. The lowest BCUT2D eigenvalue weighted by atomic mass is 9.85. The summed E-state index contributed by atoms with van der Waals surface area (Å²) < 4.78 is 51.2. The zero-order chi connectivity index (χ0) is 35.4. The highest BCUT2D eigenvalue weighted by Gasteiger charge is 2.49. The molecule has 0 radical (unpaired) electrons. The first kappa shape index (κ1) is 35.5. The highest BCUT2D eigenvalue weighted by atomic mass is 16.7. The average molecular weight is 695 g/mol. The van der Waals surface area contributed by atoms with Gasteiger partial charge in [-0.05, 0) is 59.2 Å². The number of hydrogen-bond donors (Lipinski definition) is 3. The van der Waals surface area contributed by atoms with E-state index in [4.69, 9.17) is 42.6 Å². The van der Waals surface area contributed by atoms with Gasteiger partial charge < -0.3 is 58.0 Å². The van der Waals surface area contributed by atoms with Crippen LogP contribution < -0.4 is 23.7 Å². The lowest BCUT2D eigenvalue weighted by Gasteiger charge is -2.40. The van der Waals surface area contributed by atoms with Crippen molar-refractivity contribution < 1.29 is 62.7 Å². The first-order valence-electron chi connectivity index (χ1n) is 16.2. The first-order valence-corrected chi connectivity index (χ1v) is 16.2. The van der Waals surface area contributed by atoms with Crippen LogP contribution in [0.5, 0.6) is 28.7 Å². The van der Waals surface area contributed by atoms with Crippen LogP contribution in [-0.4, -0.2) is 100 Å². The van der Waals surface area contributed by atoms with Crippen LogP contribution in [0.2, 0.25) is 0 Å². The van der Waals surface area contributed by atoms with Crippen molar-refractivity contribution in [3.8, 4) is 28.7 Å². The molecule has 3 saturated heterocycles. The zero-order valence-corrected chi connectivity index (χ0v) is 28.2. The van der Waals surface area contributed by atoms with E-state index >= 15 is 0 Å². The predicted molar refractivity (Wildman–Crippen MR) is 177 cm³/mol. The Labute approximate surface area is 289 Å². The van der Waals surface area contributed by atoms with Gasteiger partial charge >= 0.3 is 5.97 Å². The Hall–Kier alpha value is -4.37. The van der Waals surface area contributed by atoms with Gasteiger partial charge in [-0.2, -0.15) is 0 Å². The Balaban J connectivity index is 1.09. The van der Waals surface area contributed by atoms with Crippen LogP contribution >= 0.6 is 0 Å². The number of carbonyl (C=O) groups is 1. The zero-order valence-electron chi connectivity index (χ0n) is 28.2. The number of methoxy groups -OCH3 is 4. The number of rotatable bonds is 12. The molecule has 3 aliphatic heterocycles. The molecular weight excluding hydrogens is 652 g/mol. The van der Waals surface area contributed by atoms with Crippen molar-refractivity contribution in [3.05, 3.63) is 83.4 Å². The van der Waals surface area contributed by atoms with Gasteiger partial charge in [-0.25, -0.2) is 4.79 Å². The summed E-state index contributed by atoms with van der Waals surface area (Å²) >= 11 is 0. The molecule has 3 heterocycles. The fourth-order valence-corrected chi connectivity index (χ4v) is 6.59. The summed E-state index contributed by atoms with van der Waals surface area (Å²) in [5.74, 6) is 2.03. The molecule has 3 aliphatic rings. The summed E-state index contributed by atoms with van der Waals surface area (Å²) in [5, 5.41) is 31.9. The quantitative estimate of drug-likeness (QED) is 0.188. The van der Waals surface area contributed by atoms with Gasteiger partial charge in [0.2, 0.25) is 6.29 Å². The molecule has 0 spiro atoms. The molecule has 6 rings (SSSR count). The highest BCUT2D eigenvalue weighted by molar-refractivity contribution is 5.87. The molecule has 3 aromatic rings. The third-order valence-corrected chi connectivity index (χ3v) is 9.35. The second-order valence-electron chi connectivity index (χ2n) is 12.2. The van der Waals surface area contributed by atoms with Gasteiger partial charge in [-0.15, -0.1) is 0 Å². The standard InChI is InChI=1S/C37H42O13/c1-42-23-10-5-20(6-11-23)7-14-31(38)46-19-30-32(39)33(40)34(41)37(50-30)49-27-13-9-22(16-29(27)45-4)36-25-18-47-35(24(25)17-48-36)21-8-12-26(43-2)28(15-21)44-3/h5-16,24-25,30,32-37,39-41H,17-19H2,1-4H3/b14-7+/t24-,25-,30+,32+,33-,34+,35-,36+,37-/m0/s1. The molecule has 0 aliphatic carbocycles. The summed E-state index contributed by atoms with van der Waals surface area (Å²) in [6.07, 6.45) is -5.04. The van der Waals surface area contributed by atoms with Gasteiger partial charge in [0.1, 0.15) is 36.8 Å². The minimum absolute atomic E-state index is 0.0826. The maximum Gasteiger partial charge on any atom is 0.330 e. The second kappa shape index (κ2) is 15.7. The molecule has 0 amide bonds. The molecule has 3 aromatic carbocycles. The van der Waals surface area contributed by atoms with E-state index < -0.39 is 43.3 Å². The minimum Gasteiger partial charge on any atom is -0.497 e. The molecule has 9 atom stereocenters. The van der Waals surface area contributed by atoms with Crippen molar-refractivity contribution in [1.82, 2.24) is 0 Å². The van der Waals surface area contributed by atoms with E-state index in [0.29, 0.717) is 36.2 Å². The number of benzene rings is 3. The van der Waals surface area contributed by atoms with E-state index in [-0.39, 0.29) is 29.8 Å². The number of fused-ring (bicyclic) bond motifs is 1. The van der Waals surface area contributed by atoms with Crippen LogP contribution in [0.4, 0.5) is 0 Å². The SMILES string of the molecule is COc1ccc(/C=C/C(=O)OC[C@H]2O[C@H](Oc3ccc([C@H]4OC[C@H]5[C@@H]4CO[C@H]5c4ccc(OC)c(OC)c4)cc3OC)[C@H](O)[C@@H](O)[C@@H]2O)cc1. The molecule has 3 fully saturated rings. The average Bonchev–Trinajstić information content (AvgIpc) is 3.76. The molecule has 0 aromatic heterocycles. The molecule has 0 unspecified atom stereocenters. The third-order valence-electron chi connectivity index (χ3n) is 9.35. The maximum atomic E-state index is 12.4. The molecule has 13 nitrogen and oxygen atoms in total. The minimum atomic E-state index is -1.64. The summed E-state index contributed by atoms with van der Waals surface area (Å²) in [7, 11) is 6.24. The van der Waals surface area contributed by atoms with Crippen molar-refractivity contribution in [1.29, 1.82) is 0 Å². The molecule has 0 saturated carbocycles. The number of aliphatic hydroxyl groups is 3. The number of aliphatic hydroxyl groups excluding tert-OH is 3. The number of esters is 1. The monoisotopic (exact) mass is 694 g/mol. The van der Waals surface area contributed by atoms with Crippen molar-refractivity contribution in [2.75, 3.05) is 48.3 Å². The van der Waals surface area contributed by atoms with Gasteiger partial charge in [-0.1, -0.05) is 24.3 Å². The van der Waals surface area contributed by atoms with Crippen LogP contribution in [0.25, 0.3) is 6.08 Å². The number of ether oxygens (including phenoxy) is 9.